The van der Waals surface area contributed by atoms with E-state index in [0.717, 1.165) is 18.5 Å². The van der Waals surface area contributed by atoms with Crippen molar-refractivity contribution in [2.24, 2.45) is 0 Å². The van der Waals surface area contributed by atoms with Gasteiger partial charge >= 0.3 is 0 Å². The molecule has 1 aliphatic carbocycles. The van der Waals surface area contributed by atoms with Gasteiger partial charge in [-0.05, 0) is 25.0 Å². The molecule has 1 aromatic carbocycles. The van der Waals surface area contributed by atoms with Gasteiger partial charge in [-0.25, -0.2) is 0 Å². The normalized spacial score (nSPS) is 24.4. The highest BCUT2D eigenvalue weighted by molar-refractivity contribution is 5.61. The Morgan fingerprint density at radius 1 is 1.47 bits per heavy atom. The SMILES string of the molecule is COc1cc(NC2CC(O)C2)ccc1N. The van der Waals surface area contributed by atoms with Gasteiger partial charge in [-0.3, -0.25) is 0 Å². The quantitative estimate of drug-likeness (QED) is 0.653. The first-order valence-corrected chi connectivity index (χ1v) is 5.07. The Kier molecular flexibility index (Phi) is 2.68. The molecule has 0 radical (unpaired) electrons. The molecule has 1 saturated carbocycles. The van der Waals surface area contributed by atoms with E-state index in [1.165, 1.54) is 0 Å². The van der Waals surface area contributed by atoms with E-state index in [0.29, 0.717) is 17.5 Å². The molecule has 4 N–H and O–H groups in total. The summed E-state index contributed by atoms with van der Waals surface area (Å²) in [7, 11) is 1.60. The van der Waals surface area contributed by atoms with Crippen molar-refractivity contribution in [2.75, 3.05) is 18.2 Å². The van der Waals surface area contributed by atoms with Crippen molar-refractivity contribution < 1.29 is 9.84 Å². The number of hydrogen-bond acceptors (Lipinski definition) is 4. The average molecular weight is 208 g/mol. The van der Waals surface area contributed by atoms with Gasteiger partial charge in [-0.1, -0.05) is 0 Å². The van der Waals surface area contributed by atoms with Crippen LogP contribution in [0.3, 0.4) is 0 Å². The number of methoxy groups -OCH3 is 1. The van der Waals surface area contributed by atoms with Crippen LogP contribution in [0, 0.1) is 0 Å². The third-order valence-corrected chi connectivity index (χ3v) is 2.72. The largest absolute Gasteiger partial charge is 0.495 e. The van der Waals surface area contributed by atoms with Crippen LogP contribution in [0.5, 0.6) is 5.75 Å². The zero-order valence-corrected chi connectivity index (χ0v) is 8.73. The maximum Gasteiger partial charge on any atom is 0.143 e. The molecule has 0 saturated heterocycles. The molecular formula is C11H16N2O2. The predicted octanol–water partition coefficient (Wildman–Crippen LogP) is 1.21. The van der Waals surface area contributed by atoms with E-state index in [4.69, 9.17) is 15.6 Å². The summed E-state index contributed by atoms with van der Waals surface area (Å²) in [4.78, 5) is 0. The van der Waals surface area contributed by atoms with Crippen LogP contribution in [0.1, 0.15) is 12.8 Å². The number of aliphatic hydroxyl groups excluding tert-OH is 1. The second-order valence-electron chi connectivity index (χ2n) is 3.92. The lowest BCUT2D eigenvalue weighted by Crippen LogP contribution is -2.38. The number of nitrogens with one attached hydrogen (secondary N) is 1. The maximum atomic E-state index is 9.16. The first-order chi connectivity index (χ1) is 7.19. The zero-order chi connectivity index (χ0) is 10.8. The summed E-state index contributed by atoms with van der Waals surface area (Å²) in [6, 6.07) is 5.98. The van der Waals surface area contributed by atoms with Crippen molar-refractivity contribution in [2.45, 2.75) is 25.0 Å². The predicted molar refractivity (Wildman–Crippen MR) is 60.1 cm³/mol. The van der Waals surface area contributed by atoms with Crippen LogP contribution in [-0.4, -0.2) is 24.4 Å². The van der Waals surface area contributed by atoms with Gasteiger partial charge in [0.1, 0.15) is 5.75 Å². The van der Waals surface area contributed by atoms with Gasteiger partial charge in [0.2, 0.25) is 0 Å². The minimum atomic E-state index is -0.141. The van der Waals surface area contributed by atoms with Gasteiger partial charge in [-0.15, -0.1) is 0 Å². The number of rotatable bonds is 3. The fraction of sp³-hybridized carbons (Fsp3) is 0.455. The number of nitrogen functional groups attached to an aromatic ring is 1. The van der Waals surface area contributed by atoms with Crippen molar-refractivity contribution >= 4 is 11.4 Å². The standard InChI is InChI=1S/C11H16N2O2/c1-15-11-6-7(2-3-10(11)12)13-8-4-9(14)5-8/h2-3,6,8-9,13-14H,4-5,12H2,1H3. The highest BCUT2D eigenvalue weighted by Crippen LogP contribution is 2.28. The number of hydrogen-bond donors (Lipinski definition) is 3. The van der Waals surface area contributed by atoms with Crippen LogP contribution in [0.15, 0.2) is 18.2 Å². The summed E-state index contributed by atoms with van der Waals surface area (Å²) in [6.45, 7) is 0. The van der Waals surface area contributed by atoms with Gasteiger partial charge in [0.05, 0.1) is 18.9 Å². The third-order valence-electron chi connectivity index (χ3n) is 2.72. The minimum absolute atomic E-state index is 0.141. The lowest BCUT2D eigenvalue weighted by atomic mass is 9.89. The topological polar surface area (TPSA) is 67.5 Å². The molecule has 0 spiro atoms. The lowest BCUT2D eigenvalue weighted by molar-refractivity contribution is 0.0836. The fourth-order valence-corrected chi connectivity index (χ4v) is 1.74. The summed E-state index contributed by atoms with van der Waals surface area (Å²) >= 11 is 0. The molecule has 15 heavy (non-hydrogen) atoms. The van der Waals surface area contributed by atoms with Crippen LogP contribution >= 0.6 is 0 Å². The van der Waals surface area contributed by atoms with Gasteiger partial charge < -0.3 is 20.9 Å². The minimum Gasteiger partial charge on any atom is -0.495 e. The molecule has 0 heterocycles. The van der Waals surface area contributed by atoms with Crippen molar-refractivity contribution in [1.29, 1.82) is 0 Å². The smallest absolute Gasteiger partial charge is 0.143 e. The van der Waals surface area contributed by atoms with Crippen molar-refractivity contribution in [3.63, 3.8) is 0 Å². The van der Waals surface area contributed by atoms with Crippen LogP contribution in [-0.2, 0) is 0 Å². The Balaban J connectivity index is 2.02. The first-order valence-electron chi connectivity index (χ1n) is 5.07. The summed E-state index contributed by atoms with van der Waals surface area (Å²) in [5, 5.41) is 12.5. The molecule has 0 bridgehead atoms. The zero-order valence-electron chi connectivity index (χ0n) is 8.73. The van der Waals surface area contributed by atoms with Crippen LogP contribution in [0.2, 0.25) is 0 Å². The van der Waals surface area contributed by atoms with Crippen LogP contribution in [0.4, 0.5) is 11.4 Å². The monoisotopic (exact) mass is 208 g/mol. The number of aliphatic hydroxyl groups is 1. The second kappa shape index (κ2) is 3.98. The maximum absolute atomic E-state index is 9.16. The number of ether oxygens (including phenoxy) is 1. The van der Waals surface area contributed by atoms with Gasteiger partial charge in [-0.2, -0.15) is 0 Å². The van der Waals surface area contributed by atoms with E-state index in [9.17, 15) is 0 Å². The van der Waals surface area contributed by atoms with Crippen molar-refractivity contribution in [1.82, 2.24) is 0 Å². The second-order valence-corrected chi connectivity index (χ2v) is 3.92. The fourth-order valence-electron chi connectivity index (χ4n) is 1.74. The molecule has 1 aromatic rings. The van der Waals surface area contributed by atoms with Gasteiger partial charge in [0.25, 0.3) is 0 Å². The molecule has 0 aromatic heterocycles. The van der Waals surface area contributed by atoms with Crippen molar-refractivity contribution in [3.8, 4) is 5.75 Å². The Bertz CT molecular complexity index is 348. The molecule has 1 fully saturated rings. The summed E-state index contributed by atoms with van der Waals surface area (Å²) in [6.07, 6.45) is 1.48. The Morgan fingerprint density at radius 3 is 2.80 bits per heavy atom. The Labute approximate surface area is 89.0 Å². The average Bonchev–Trinajstić information content (AvgIpc) is 2.18. The Hall–Kier alpha value is -1.42. The summed E-state index contributed by atoms with van der Waals surface area (Å²) < 4.78 is 5.13. The summed E-state index contributed by atoms with van der Waals surface area (Å²) in [5.41, 5.74) is 7.33. The van der Waals surface area contributed by atoms with E-state index in [1.54, 1.807) is 7.11 Å². The van der Waals surface area contributed by atoms with E-state index in [-0.39, 0.29) is 6.10 Å². The third kappa shape index (κ3) is 2.15. The van der Waals surface area contributed by atoms with Crippen LogP contribution in [0.25, 0.3) is 0 Å². The molecule has 1 aliphatic rings. The first kappa shape index (κ1) is 10.1. The molecule has 0 aliphatic heterocycles. The van der Waals surface area contributed by atoms with E-state index in [1.807, 2.05) is 18.2 Å². The lowest BCUT2D eigenvalue weighted by Gasteiger charge is -2.32. The molecule has 0 amide bonds. The number of nitrogens with two attached hydrogens (primary N) is 1. The molecule has 4 nitrogen and oxygen atoms in total. The number of benzene rings is 1. The number of anilines is 2. The highest BCUT2D eigenvalue weighted by atomic mass is 16.5. The molecule has 0 atom stereocenters. The Morgan fingerprint density at radius 2 is 2.20 bits per heavy atom. The van der Waals surface area contributed by atoms with Gasteiger partial charge in [0.15, 0.2) is 0 Å². The molecule has 2 rings (SSSR count). The van der Waals surface area contributed by atoms with E-state index in [2.05, 4.69) is 5.32 Å². The molecule has 0 unspecified atom stereocenters. The van der Waals surface area contributed by atoms with Crippen LogP contribution < -0.4 is 15.8 Å². The summed E-state index contributed by atoms with van der Waals surface area (Å²) in [5.74, 6) is 0.680. The molecule has 82 valence electrons. The van der Waals surface area contributed by atoms with E-state index >= 15 is 0 Å². The highest BCUT2D eigenvalue weighted by Gasteiger charge is 2.26. The van der Waals surface area contributed by atoms with Gasteiger partial charge in [0, 0.05) is 17.8 Å². The van der Waals surface area contributed by atoms with Crippen molar-refractivity contribution in [3.05, 3.63) is 18.2 Å². The molecular weight excluding hydrogens is 192 g/mol. The van der Waals surface area contributed by atoms with E-state index < -0.39 is 0 Å². The molecule has 4 heteroatoms.